The zero-order valence-corrected chi connectivity index (χ0v) is 12.3. The molecule has 0 spiro atoms. The molecule has 0 amide bonds. The highest BCUT2D eigenvalue weighted by Gasteiger charge is 2.22. The van der Waals surface area contributed by atoms with Crippen LogP contribution in [0.15, 0.2) is 36.7 Å². The lowest BCUT2D eigenvalue weighted by atomic mass is 10.1. The van der Waals surface area contributed by atoms with E-state index in [0.717, 1.165) is 0 Å². The van der Waals surface area contributed by atoms with E-state index in [-0.39, 0.29) is 6.04 Å². The van der Waals surface area contributed by atoms with Crippen molar-refractivity contribution in [3.05, 3.63) is 42.2 Å². The van der Waals surface area contributed by atoms with Crippen LogP contribution in [0.25, 0.3) is 0 Å². The van der Waals surface area contributed by atoms with Crippen LogP contribution in [-0.2, 0) is 4.79 Å². The van der Waals surface area contributed by atoms with Crippen molar-refractivity contribution in [2.45, 2.75) is 25.9 Å². The summed E-state index contributed by atoms with van der Waals surface area (Å²) in [6.45, 7) is 3.98. The van der Waals surface area contributed by atoms with E-state index in [9.17, 15) is 9.90 Å². The van der Waals surface area contributed by atoms with Crippen LogP contribution in [0.4, 0.5) is 5.69 Å². The van der Waals surface area contributed by atoms with E-state index in [2.05, 4.69) is 10.4 Å². The molecule has 21 heavy (non-hydrogen) atoms. The van der Waals surface area contributed by atoms with Crippen molar-refractivity contribution in [2.24, 2.45) is 0 Å². The van der Waals surface area contributed by atoms with Gasteiger partial charge in [0.2, 0.25) is 0 Å². The average molecular weight is 289 g/mol. The minimum absolute atomic E-state index is 0.185. The number of benzene rings is 1. The van der Waals surface area contributed by atoms with E-state index in [1.807, 2.05) is 13.8 Å². The van der Waals surface area contributed by atoms with Crippen LogP contribution in [0.5, 0.6) is 5.75 Å². The van der Waals surface area contributed by atoms with Crippen LogP contribution in [-0.4, -0.2) is 28.0 Å². The van der Waals surface area contributed by atoms with Gasteiger partial charge in [0.15, 0.2) is 6.04 Å². The molecule has 0 bridgehead atoms. The van der Waals surface area contributed by atoms with Gasteiger partial charge in [-0.05, 0) is 26.0 Å². The van der Waals surface area contributed by atoms with Crippen LogP contribution in [0, 0.1) is 0 Å². The summed E-state index contributed by atoms with van der Waals surface area (Å²) < 4.78 is 6.87. The van der Waals surface area contributed by atoms with E-state index in [0.29, 0.717) is 17.0 Å². The summed E-state index contributed by atoms with van der Waals surface area (Å²) in [6, 6.07) is 6.48. The molecule has 2 aromatic rings. The summed E-state index contributed by atoms with van der Waals surface area (Å²) in [6.07, 6.45) is 3.32. The van der Waals surface area contributed by atoms with Crippen molar-refractivity contribution < 1.29 is 14.6 Å². The van der Waals surface area contributed by atoms with Gasteiger partial charge in [-0.2, -0.15) is 5.10 Å². The Kier molecular flexibility index (Phi) is 4.47. The number of nitrogens with zero attached hydrogens (tertiary/aromatic N) is 2. The highest BCUT2D eigenvalue weighted by atomic mass is 16.5. The van der Waals surface area contributed by atoms with Crippen LogP contribution in [0.1, 0.15) is 31.5 Å². The standard InChI is InChI=1S/C15H19N3O3/c1-10(2)18-9-11(8-16-18)14(15(19)20)17-12-5-4-6-13(7-12)21-3/h4-10,14,17H,1-3H3,(H,19,20). The maximum atomic E-state index is 11.5. The number of ether oxygens (including phenoxy) is 1. The van der Waals surface area contributed by atoms with Gasteiger partial charge < -0.3 is 15.2 Å². The SMILES string of the molecule is COc1cccc(NC(C(=O)O)c2cnn(C(C)C)c2)c1. The third-order valence-electron chi connectivity index (χ3n) is 3.11. The van der Waals surface area contributed by atoms with E-state index in [4.69, 9.17) is 4.74 Å². The van der Waals surface area contributed by atoms with E-state index in [1.165, 1.54) is 0 Å². The first-order valence-electron chi connectivity index (χ1n) is 6.68. The molecule has 6 nitrogen and oxygen atoms in total. The lowest BCUT2D eigenvalue weighted by molar-refractivity contribution is -0.138. The van der Waals surface area contributed by atoms with Gasteiger partial charge >= 0.3 is 5.97 Å². The number of carbonyl (C=O) groups is 1. The number of anilines is 1. The van der Waals surface area contributed by atoms with E-state index < -0.39 is 12.0 Å². The first-order chi connectivity index (χ1) is 10.0. The maximum Gasteiger partial charge on any atom is 0.330 e. The summed E-state index contributed by atoms with van der Waals surface area (Å²) in [5.41, 5.74) is 1.29. The number of hydrogen-bond donors (Lipinski definition) is 2. The van der Waals surface area contributed by atoms with E-state index >= 15 is 0 Å². The Morgan fingerprint density at radius 3 is 2.76 bits per heavy atom. The van der Waals surface area contributed by atoms with Crippen LogP contribution in [0.2, 0.25) is 0 Å². The summed E-state index contributed by atoms with van der Waals surface area (Å²) >= 11 is 0. The van der Waals surface area contributed by atoms with Gasteiger partial charge in [-0.15, -0.1) is 0 Å². The Hall–Kier alpha value is -2.50. The molecule has 1 aromatic heterocycles. The topological polar surface area (TPSA) is 76.4 Å². The molecule has 0 aliphatic rings. The fourth-order valence-electron chi connectivity index (χ4n) is 1.95. The Bertz CT molecular complexity index is 622. The monoisotopic (exact) mass is 289 g/mol. The van der Waals surface area contributed by atoms with Gasteiger partial charge in [-0.25, -0.2) is 4.79 Å². The predicted octanol–water partition coefficient (Wildman–Crippen LogP) is 2.71. The molecule has 2 N–H and O–H groups in total. The third-order valence-corrected chi connectivity index (χ3v) is 3.11. The summed E-state index contributed by atoms with van der Waals surface area (Å²) in [5.74, 6) is -0.289. The van der Waals surface area contributed by atoms with Crippen molar-refractivity contribution in [3.63, 3.8) is 0 Å². The molecule has 0 aliphatic carbocycles. The average Bonchev–Trinajstić information content (AvgIpc) is 2.94. The van der Waals surface area contributed by atoms with Crippen molar-refractivity contribution in [3.8, 4) is 5.75 Å². The molecular formula is C15H19N3O3. The Morgan fingerprint density at radius 1 is 1.43 bits per heavy atom. The quantitative estimate of drug-likeness (QED) is 0.855. The molecule has 1 aromatic carbocycles. The fourth-order valence-corrected chi connectivity index (χ4v) is 1.95. The third kappa shape index (κ3) is 3.53. The molecule has 1 unspecified atom stereocenters. The highest BCUT2D eigenvalue weighted by Crippen LogP contribution is 2.23. The second kappa shape index (κ2) is 6.30. The van der Waals surface area contributed by atoms with Gasteiger partial charge in [-0.1, -0.05) is 6.07 Å². The molecule has 1 heterocycles. The molecule has 112 valence electrons. The molecule has 0 fully saturated rings. The molecule has 0 saturated carbocycles. The van der Waals surface area contributed by atoms with Crippen LogP contribution < -0.4 is 10.1 Å². The van der Waals surface area contributed by atoms with Gasteiger partial charge in [0.05, 0.1) is 13.3 Å². The minimum atomic E-state index is -0.957. The molecular weight excluding hydrogens is 270 g/mol. The second-order valence-electron chi connectivity index (χ2n) is 4.99. The lowest BCUT2D eigenvalue weighted by Gasteiger charge is -2.15. The number of carboxylic acids is 1. The van der Waals surface area contributed by atoms with Crippen molar-refractivity contribution in [1.29, 1.82) is 0 Å². The predicted molar refractivity (Wildman–Crippen MR) is 79.6 cm³/mol. The zero-order chi connectivity index (χ0) is 15.4. The minimum Gasteiger partial charge on any atom is -0.497 e. The first-order valence-corrected chi connectivity index (χ1v) is 6.68. The van der Waals surface area contributed by atoms with Gasteiger partial charge in [-0.3, -0.25) is 4.68 Å². The molecule has 1 atom stereocenters. The molecule has 0 saturated heterocycles. The van der Waals surface area contributed by atoms with Crippen molar-refractivity contribution >= 4 is 11.7 Å². The lowest BCUT2D eigenvalue weighted by Crippen LogP contribution is -2.20. The summed E-state index contributed by atoms with van der Waals surface area (Å²) in [4.78, 5) is 11.5. The molecule has 0 aliphatic heterocycles. The highest BCUT2D eigenvalue weighted by molar-refractivity contribution is 5.79. The van der Waals surface area contributed by atoms with Crippen LogP contribution >= 0.6 is 0 Å². The zero-order valence-electron chi connectivity index (χ0n) is 12.3. The smallest absolute Gasteiger partial charge is 0.330 e. The molecule has 2 rings (SSSR count). The fraction of sp³-hybridized carbons (Fsp3) is 0.333. The Morgan fingerprint density at radius 2 is 2.19 bits per heavy atom. The van der Waals surface area contributed by atoms with Crippen molar-refractivity contribution in [2.75, 3.05) is 12.4 Å². The van der Waals surface area contributed by atoms with Gasteiger partial charge in [0.25, 0.3) is 0 Å². The molecule has 0 radical (unpaired) electrons. The van der Waals surface area contributed by atoms with Crippen LogP contribution in [0.3, 0.4) is 0 Å². The number of hydrogen-bond acceptors (Lipinski definition) is 4. The second-order valence-corrected chi connectivity index (χ2v) is 4.99. The number of aliphatic carboxylic acids is 1. The summed E-state index contributed by atoms with van der Waals surface area (Å²) in [5, 5.41) is 16.6. The maximum absolute atomic E-state index is 11.5. The number of aromatic nitrogens is 2. The number of nitrogens with one attached hydrogen (secondary N) is 1. The van der Waals surface area contributed by atoms with Gasteiger partial charge in [0.1, 0.15) is 5.75 Å². The number of methoxy groups -OCH3 is 1. The number of carboxylic acid groups (broad SMARTS) is 1. The van der Waals surface area contributed by atoms with E-state index in [1.54, 1.807) is 48.5 Å². The van der Waals surface area contributed by atoms with Gasteiger partial charge in [0, 0.05) is 29.6 Å². The van der Waals surface area contributed by atoms with Crippen molar-refractivity contribution in [1.82, 2.24) is 9.78 Å². The normalized spacial score (nSPS) is 12.2. The Balaban J connectivity index is 2.24. The Labute approximate surface area is 123 Å². The summed E-state index contributed by atoms with van der Waals surface area (Å²) in [7, 11) is 1.57. The number of rotatable bonds is 6. The molecule has 6 heteroatoms. The first kappa shape index (κ1) is 14.9. The largest absolute Gasteiger partial charge is 0.497 e.